The zero-order valence-corrected chi connectivity index (χ0v) is 13.7. The Hall–Kier alpha value is -1.07. The lowest BCUT2D eigenvalue weighted by molar-refractivity contribution is 0.560. The highest BCUT2D eigenvalue weighted by molar-refractivity contribution is 7.89. The lowest BCUT2D eigenvalue weighted by atomic mass is 10.1. The van der Waals surface area contributed by atoms with Crippen LogP contribution in [0.1, 0.15) is 12.5 Å². The number of benzene rings is 2. The first-order chi connectivity index (χ1) is 9.88. The first-order valence-corrected chi connectivity index (χ1v) is 8.64. The molecule has 0 bridgehead atoms. The van der Waals surface area contributed by atoms with Gasteiger partial charge < -0.3 is 0 Å². The summed E-state index contributed by atoms with van der Waals surface area (Å²) in [6.45, 7) is 1.82. The summed E-state index contributed by atoms with van der Waals surface area (Å²) in [6.07, 6.45) is 0.612. The van der Waals surface area contributed by atoms with Crippen molar-refractivity contribution in [2.45, 2.75) is 24.3 Å². The summed E-state index contributed by atoms with van der Waals surface area (Å²) in [4.78, 5) is 0.108. The smallest absolute Gasteiger partial charge is 0.208 e. The van der Waals surface area contributed by atoms with Crippen LogP contribution in [0.5, 0.6) is 0 Å². The molecule has 0 saturated carbocycles. The minimum atomic E-state index is -3.61. The van der Waals surface area contributed by atoms with E-state index in [0.717, 1.165) is 5.56 Å². The largest absolute Gasteiger partial charge is 0.240 e. The van der Waals surface area contributed by atoms with Gasteiger partial charge in [-0.3, -0.25) is 0 Å². The highest BCUT2D eigenvalue weighted by Gasteiger charge is 2.18. The molecule has 1 atom stereocenters. The van der Waals surface area contributed by atoms with Gasteiger partial charge in [0.25, 0.3) is 0 Å². The maximum absolute atomic E-state index is 12.3. The number of rotatable bonds is 5. The SMILES string of the molecule is CC(Cc1ccccc1)NS(=O)(=O)c1ccc(Cl)c(Cl)c1. The molecule has 0 aromatic heterocycles. The average Bonchev–Trinajstić information content (AvgIpc) is 2.42. The summed E-state index contributed by atoms with van der Waals surface area (Å²) >= 11 is 11.7. The van der Waals surface area contributed by atoms with E-state index in [0.29, 0.717) is 11.4 Å². The Balaban J connectivity index is 2.11. The van der Waals surface area contributed by atoms with Crippen molar-refractivity contribution < 1.29 is 8.42 Å². The average molecular weight is 344 g/mol. The Kier molecular flexibility index (Phi) is 5.27. The summed E-state index contributed by atoms with van der Waals surface area (Å²) < 4.78 is 27.2. The molecule has 0 heterocycles. The topological polar surface area (TPSA) is 46.2 Å². The van der Waals surface area contributed by atoms with Crippen molar-refractivity contribution in [2.24, 2.45) is 0 Å². The van der Waals surface area contributed by atoms with Gasteiger partial charge in [0.05, 0.1) is 14.9 Å². The fraction of sp³-hybridized carbons (Fsp3) is 0.200. The minimum Gasteiger partial charge on any atom is -0.208 e. The fourth-order valence-corrected chi connectivity index (χ4v) is 3.62. The zero-order chi connectivity index (χ0) is 15.5. The van der Waals surface area contributed by atoms with E-state index in [1.54, 1.807) is 0 Å². The van der Waals surface area contributed by atoms with Gasteiger partial charge in [-0.05, 0) is 37.1 Å². The Bertz CT molecular complexity index is 718. The van der Waals surface area contributed by atoms with E-state index in [9.17, 15) is 8.42 Å². The van der Waals surface area contributed by atoms with Crippen molar-refractivity contribution in [1.29, 1.82) is 0 Å². The number of sulfonamides is 1. The van der Waals surface area contributed by atoms with Crippen LogP contribution >= 0.6 is 23.2 Å². The molecule has 21 heavy (non-hydrogen) atoms. The molecule has 0 saturated heterocycles. The Labute approximate surface area is 135 Å². The van der Waals surface area contributed by atoms with E-state index in [2.05, 4.69) is 4.72 Å². The van der Waals surface area contributed by atoms with Gasteiger partial charge in [0.15, 0.2) is 0 Å². The van der Waals surface area contributed by atoms with Crippen molar-refractivity contribution in [2.75, 3.05) is 0 Å². The van der Waals surface area contributed by atoms with Gasteiger partial charge in [0, 0.05) is 6.04 Å². The molecule has 2 aromatic rings. The van der Waals surface area contributed by atoms with Gasteiger partial charge in [0.1, 0.15) is 0 Å². The zero-order valence-electron chi connectivity index (χ0n) is 11.4. The van der Waals surface area contributed by atoms with Crippen molar-refractivity contribution in [3.8, 4) is 0 Å². The van der Waals surface area contributed by atoms with E-state index < -0.39 is 10.0 Å². The molecule has 0 amide bonds. The highest BCUT2D eigenvalue weighted by Crippen LogP contribution is 2.24. The normalized spacial score (nSPS) is 13.1. The van der Waals surface area contributed by atoms with Crippen LogP contribution in [0, 0.1) is 0 Å². The van der Waals surface area contributed by atoms with Crippen molar-refractivity contribution in [1.82, 2.24) is 4.72 Å². The van der Waals surface area contributed by atoms with E-state index >= 15 is 0 Å². The van der Waals surface area contributed by atoms with Crippen molar-refractivity contribution in [3.63, 3.8) is 0 Å². The van der Waals surface area contributed by atoms with E-state index in [1.165, 1.54) is 18.2 Å². The predicted molar refractivity (Wildman–Crippen MR) is 86.4 cm³/mol. The molecule has 0 radical (unpaired) electrons. The van der Waals surface area contributed by atoms with Crippen LogP contribution in [-0.2, 0) is 16.4 Å². The molecule has 0 aliphatic carbocycles. The summed E-state index contributed by atoms with van der Waals surface area (Å²) in [5.74, 6) is 0. The third kappa shape index (κ3) is 4.45. The van der Waals surface area contributed by atoms with Gasteiger partial charge >= 0.3 is 0 Å². The molecular formula is C15H15Cl2NO2S. The minimum absolute atomic E-state index is 0.108. The number of nitrogens with one attached hydrogen (secondary N) is 1. The van der Waals surface area contributed by atoms with Gasteiger partial charge in [-0.1, -0.05) is 53.5 Å². The molecule has 0 spiro atoms. The second-order valence-corrected chi connectivity index (χ2v) is 7.32. The third-order valence-corrected chi connectivity index (χ3v) is 5.27. The van der Waals surface area contributed by atoms with Crippen molar-refractivity contribution >= 4 is 33.2 Å². The Morgan fingerprint density at radius 3 is 2.33 bits per heavy atom. The summed E-state index contributed by atoms with van der Waals surface area (Å²) in [6, 6.07) is 13.7. The highest BCUT2D eigenvalue weighted by atomic mass is 35.5. The first-order valence-electron chi connectivity index (χ1n) is 6.40. The van der Waals surface area contributed by atoms with Crippen LogP contribution in [0.3, 0.4) is 0 Å². The van der Waals surface area contributed by atoms with Crippen LogP contribution in [0.25, 0.3) is 0 Å². The number of hydrogen-bond acceptors (Lipinski definition) is 2. The summed E-state index contributed by atoms with van der Waals surface area (Å²) in [5, 5.41) is 0.545. The van der Waals surface area contributed by atoms with Gasteiger partial charge in [0.2, 0.25) is 10.0 Å². The van der Waals surface area contributed by atoms with Crippen molar-refractivity contribution in [3.05, 3.63) is 64.1 Å². The molecule has 112 valence electrons. The second-order valence-electron chi connectivity index (χ2n) is 4.79. The van der Waals surface area contributed by atoms with Gasteiger partial charge in [-0.15, -0.1) is 0 Å². The molecule has 0 fully saturated rings. The van der Waals surface area contributed by atoms with E-state index in [4.69, 9.17) is 23.2 Å². The third-order valence-electron chi connectivity index (χ3n) is 2.94. The molecule has 2 aromatic carbocycles. The van der Waals surface area contributed by atoms with Gasteiger partial charge in [-0.2, -0.15) is 0 Å². The molecule has 0 aliphatic rings. The maximum atomic E-state index is 12.3. The first kappa shape index (κ1) is 16.3. The molecular weight excluding hydrogens is 329 g/mol. The molecule has 6 heteroatoms. The standard InChI is InChI=1S/C15H15Cl2NO2S/c1-11(9-12-5-3-2-4-6-12)18-21(19,20)13-7-8-14(16)15(17)10-13/h2-8,10-11,18H,9H2,1H3. The van der Waals surface area contributed by atoms with Crippen LogP contribution in [-0.4, -0.2) is 14.5 Å². The van der Waals surface area contributed by atoms with E-state index in [-0.39, 0.29) is 16.0 Å². The van der Waals surface area contributed by atoms with Gasteiger partial charge in [-0.25, -0.2) is 13.1 Å². The fourth-order valence-electron chi connectivity index (χ4n) is 1.99. The maximum Gasteiger partial charge on any atom is 0.240 e. The lowest BCUT2D eigenvalue weighted by Gasteiger charge is -2.14. The molecule has 2 rings (SSSR count). The molecule has 3 nitrogen and oxygen atoms in total. The quantitative estimate of drug-likeness (QED) is 0.894. The Morgan fingerprint density at radius 1 is 1.05 bits per heavy atom. The predicted octanol–water partition coefficient (Wildman–Crippen LogP) is 3.90. The molecule has 1 unspecified atom stereocenters. The van der Waals surface area contributed by atoms with E-state index in [1.807, 2.05) is 37.3 Å². The second kappa shape index (κ2) is 6.79. The monoisotopic (exact) mass is 343 g/mol. The number of hydrogen-bond donors (Lipinski definition) is 1. The van der Waals surface area contributed by atoms with Crippen LogP contribution in [0.4, 0.5) is 0 Å². The molecule has 0 aliphatic heterocycles. The number of halogens is 2. The summed E-state index contributed by atoms with van der Waals surface area (Å²) in [5.41, 5.74) is 1.07. The van der Waals surface area contributed by atoms with Crippen LogP contribution in [0.2, 0.25) is 10.0 Å². The summed E-state index contributed by atoms with van der Waals surface area (Å²) in [7, 11) is -3.61. The van der Waals surface area contributed by atoms with Crippen LogP contribution in [0.15, 0.2) is 53.4 Å². The lowest BCUT2D eigenvalue weighted by Crippen LogP contribution is -2.34. The van der Waals surface area contributed by atoms with Crippen LogP contribution < -0.4 is 4.72 Å². The Morgan fingerprint density at radius 2 is 1.71 bits per heavy atom. The molecule has 1 N–H and O–H groups in total.